The number of amides is 1. The molecule has 4 atom stereocenters. The molecule has 4 aliphatic rings. The number of aromatic nitrogens is 1. The molecule has 0 N–H and O–H groups in total. The smallest absolute Gasteiger partial charge is 0.243 e. The van der Waals surface area contributed by atoms with Gasteiger partial charge in [0.1, 0.15) is 6.54 Å². The fourth-order valence-corrected chi connectivity index (χ4v) is 7.05. The zero-order valence-electron chi connectivity index (χ0n) is 17.5. The van der Waals surface area contributed by atoms with Gasteiger partial charge in [-0.25, -0.2) is 0 Å². The lowest BCUT2D eigenvalue weighted by Crippen LogP contribution is -2.60. The van der Waals surface area contributed by atoms with Crippen LogP contribution >= 0.6 is 11.6 Å². The van der Waals surface area contributed by atoms with Crippen molar-refractivity contribution in [3.8, 4) is 0 Å². The zero-order chi connectivity index (χ0) is 20.2. The maximum atomic E-state index is 13.5. The summed E-state index contributed by atoms with van der Waals surface area (Å²) in [5.41, 5.74) is 2.60. The first-order valence-corrected chi connectivity index (χ1v) is 12.0. The highest BCUT2D eigenvalue weighted by molar-refractivity contribution is 6.35. The summed E-state index contributed by atoms with van der Waals surface area (Å²) < 4.78 is 2.06. The van der Waals surface area contributed by atoms with Crippen LogP contribution in [0.15, 0.2) is 42.1 Å². The Morgan fingerprint density at radius 2 is 2.07 bits per heavy atom. The Morgan fingerprint density at radius 3 is 3.00 bits per heavy atom. The second-order valence-electron chi connectivity index (χ2n) is 9.71. The first-order valence-electron chi connectivity index (χ1n) is 11.7. The average Bonchev–Trinajstić information content (AvgIpc) is 3.17. The molecule has 158 valence electrons. The molecule has 1 aromatic heterocycles. The second kappa shape index (κ2) is 7.42. The van der Waals surface area contributed by atoms with Gasteiger partial charge in [0.15, 0.2) is 0 Å². The highest BCUT2D eigenvalue weighted by atomic mass is 35.5. The summed E-state index contributed by atoms with van der Waals surface area (Å²) in [6, 6.07) is 9.02. The minimum Gasteiger partial charge on any atom is -0.338 e. The fourth-order valence-electron chi connectivity index (χ4n) is 6.81. The topological polar surface area (TPSA) is 28.5 Å². The molecule has 5 heteroatoms. The molecule has 2 aromatic rings. The van der Waals surface area contributed by atoms with Crippen molar-refractivity contribution in [3.05, 3.63) is 47.1 Å². The lowest BCUT2D eigenvalue weighted by Gasteiger charge is -2.54. The van der Waals surface area contributed by atoms with Crippen molar-refractivity contribution < 1.29 is 4.79 Å². The third-order valence-corrected chi connectivity index (χ3v) is 8.37. The number of carbonyl (C=O) groups excluding carboxylic acids is 1. The summed E-state index contributed by atoms with van der Waals surface area (Å²) in [7, 11) is 0. The standard InChI is InChI=1S/C25H30ClN3O/c26-21-6-3-8-23-20(21)9-12-28(23)16-24(30)29-11-4-5-17-13-18-14-19(25(17)29)15-27-10-2-1-7-22(18)27/h3,6,8-9,12-13,18-19,22,25H,1-2,4-5,7,10-11,14-16H2/t18-,19-,22-,25-/m0/s1. The predicted molar refractivity (Wildman–Crippen MR) is 121 cm³/mol. The van der Waals surface area contributed by atoms with Crippen LogP contribution in [0.4, 0.5) is 0 Å². The SMILES string of the molecule is O=C(Cn1ccc2c(Cl)cccc21)N1CCCC2=C[C@H]3C[C@@H](CN4CCCC[C@@H]34)[C@H]21. The Kier molecular flexibility index (Phi) is 4.69. The van der Waals surface area contributed by atoms with E-state index >= 15 is 0 Å². The van der Waals surface area contributed by atoms with Crippen molar-refractivity contribution in [2.75, 3.05) is 19.6 Å². The van der Waals surface area contributed by atoms with Crippen molar-refractivity contribution in [1.82, 2.24) is 14.4 Å². The largest absolute Gasteiger partial charge is 0.338 e. The van der Waals surface area contributed by atoms with E-state index in [9.17, 15) is 4.79 Å². The number of fused-ring (bicyclic) bond motifs is 7. The van der Waals surface area contributed by atoms with Crippen LogP contribution in [0.25, 0.3) is 10.9 Å². The number of likely N-dealkylation sites (tertiary alicyclic amines) is 1. The van der Waals surface area contributed by atoms with Crippen molar-refractivity contribution in [3.63, 3.8) is 0 Å². The van der Waals surface area contributed by atoms with Crippen LogP contribution < -0.4 is 0 Å². The summed E-state index contributed by atoms with van der Waals surface area (Å²) in [4.78, 5) is 18.5. The van der Waals surface area contributed by atoms with E-state index in [4.69, 9.17) is 11.6 Å². The van der Waals surface area contributed by atoms with E-state index in [0.717, 1.165) is 34.9 Å². The van der Waals surface area contributed by atoms with Gasteiger partial charge in [-0.1, -0.05) is 35.7 Å². The van der Waals surface area contributed by atoms with Gasteiger partial charge in [0.25, 0.3) is 0 Å². The lowest BCUT2D eigenvalue weighted by molar-refractivity contribution is -0.136. The third kappa shape index (κ3) is 3.03. The van der Waals surface area contributed by atoms with Crippen molar-refractivity contribution in [1.29, 1.82) is 0 Å². The van der Waals surface area contributed by atoms with Gasteiger partial charge in [-0.2, -0.15) is 0 Å². The molecule has 3 aliphatic heterocycles. The molecule has 1 amide bonds. The summed E-state index contributed by atoms with van der Waals surface area (Å²) >= 11 is 6.34. The number of carbonyl (C=O) groups is 1. The molecule has 4 nitrogen and oxygen atoms in total. The quantitative estimate of drug-likeness (QED) is 0.654. The van der Waals surface area contributed by atoms with Crippen LogP contribution in [0.3, 0.4) is 0 Å². The van der Waals surface area contributed by atoms with Gasteiger partial charge in [0, 0.05) is 41.3 Å². The van der Waals surface area contributed by atoms with Crippen LogP contribution in [0, 0.1) is 11.8 Å². The minimum absolute atomic E-state index is 0.252. The van der Waals surface area contributed by atoms with Gasteiger partial charge in [0.05, 0.1) is 6.04 Å². The van der Waals surface area contributed by atoms with Crippen molar-refractivity contribution >= 4 is 28.4 Å². The first kappa shape index (κ1) is 18.9. The van der Waals surface area contributed by atoms with Crippen LogP contribution in [0.1, 0.15) is 38.5 Å². The van der Waals surface area contributed by atoms with Crippen molar-refractivity contribution in [2.24, 2.45) is 11.8 Å². The van der Waals surface area contributed by atoms with Crippen LogP contribution in [0.2, 0.25) is 5.02 Å². The van der Waals surface area contributed by atoms with E-state index in [0.29, 0.717) is 24.4 Å². The normalized spacial score (nSPS) is 31.2. The number of hydrogen-bond donors (Lipinski definition) is 0. The molecule has 4 heterocycles. The molecular weight excluding hydrogens is 394 g/mol. The Labute approximate surface area is 183 Å². The number of piperidine rings is 3. The predicted octanol–water partition coefficient (Wildman–Crippen LogP) is 4.72. The maximum absolute atomic E-state index is 13.5. The molecule has 0 saturated carbocycles. The number of benzene rings is 1. The van der Waals surface area contributed by atoms with Gasteiger partial charge < -0.3 is 9.47 Å². The van der Waals surface area contributed by atoms with Crippen LogP contribution in [0.5, 0.6) is 0 Å². The number of halogens is 1. The summed E-state index contributed by atoms with van der Waals surface area (Å²) in [6.07, 6.45) is 12.2. The lowest BCUT2D eigenvalue weighted by atomic mass is 9.68. The molecule has 2 bridgehead atoms. The molecule has 0 radical (unpaired) electrons. The zero-order valence-corrected chi connectivity index (χ0v) is 18.2. The maximum Gasteiger partial charge on any atom is 0.243 e. The van der Waals surface area contributed by atoms with Crippen LogP contribution in [-0.2, 0) is 11.3 Å². The van der Waals surface area contributed by atoms with E-state index in [-0.39, 0.29) is 5.91 Å². The number of hydrogen-bond acceptors (Lipinski definition) is 2. The first-order chi connectivity index (χ1) is 14.7. The third-order valence-electron chi connectivity index (χ3n) is 8.04. The molecule has 3 saturated heterocycles. The van der Waals surface area contributed by atoms with Gasteiger partial charge in [0.2, 0.25) is 5.91 Å². The van der Waals surface area contributed by atoms with E-state index < -0.39 is 0 Å². The molecule has 1 aliphatic carbocycles. The summed E-state index contributed by atoms with van der Waals surface area (Å²) in [6.45, 7) is 3.72. The Hall–Kier alpha value is -1.78. The average molecular weight is 424 g/mol. The highest BCUT2D eigenvalue weighted by Gasteiger charge is 2.46. The van der Waals surface area contributed by atoms with E-state index in [2.05, 4.69) is 26.5 Å². The molecular formula is C25H30ClN3O. The Morgan fingerprint density at radius 1 is 1.13 bits per heavy atom. The second-order valence-corrected chi connectivity index (χ2v) is 10.1. The highest BCUT2D eigenvalue weighted by Crippen LogP contribution is 2.45. The van der Waals surface area contributed by atoms with E-state index in [1.807, 2.05) is 24.4 Å². The molecule has 0 unspecified atom stereocenters. The number of nitrogens with zero attached hydrogens (tertiary/aromatic N) is 3. The van der Waals surface area contributed by atoms with E-state index in [1.54, 1.807) is 5.57 Å². The van der Waals surface area contributed by atoms with Gasteiger partial charge in [-0.05, 0) is 68.7 Å². The molecule has 6 rings (SSSR count). The van der Waals surface area contributed by atoms with Gasteiger partial charge >= 0.3 is 0 Å². The molecule has 0 spiro atoms. The molecule has 1 aromatic carbocycles. The minimum atomic E-state index is 0.252. The Balaban J connectivity index is 1.27. The monoisotopic (exact) mass is 423 g/mol. The van der Waals surface area contributed by atoms with Gasteiger partial charge in [-0.15, -0.1) is 0 Å². The summed E-state index contributed by atoms with van der Waals surface area (Å²) in [5, 5.41) is 1.77. The van der Waals surface area contributed by atoms with Crippen LogP contribution in [-0.4, -0.2) is 52.0 Å². The molecule has 30 heavy (non-hydrogen) atoms. The van der Waals surface area contributed by atoms with Gasteiger partial charge in [-0.3, -0.25) is 9.69 Å². The fraction of sp³-hybridized carbons (Fsp3) is 0.560. The number of rotatable bonds is 2. The summed E-state index contributed by atoms with van der Waals surface area (Å²) in [5.74, 6) is 1.56. The molecule has 3 fully saturated rings. The van der Waals surface area contributed by atoms with E-state index in [1.165, 1.54) is 45.2 Å². The van der Waals surface area contributed by atoms with Crippen molar-refractivity contribution in [2.45, 2.75) is 57.2 Å². The Bertz CT molecular complexity index is 1010.